The van der Waals surface area contributed by atoms with Gasteiger partial charge < -0.3 is 0 Å². The average Bonchev–Trinajstić information content (AvgIpc) is 2.50. The van der Waals surface area contributed by atoms with Gasteiger partial charge in [0.2, 0.25) is 0 Å². The molecular formula is C9H14HfO. The molecule has 0 aromatic heterocycles. The summed E-state index contributed by atoms with van der Waals surface area (Å²) >= 11 is -0.798. The van der Waals surface area contributed by atoms with Crippen LogP contribution < -0.4 is 0 Å². The first-order valence-electron chi connectivity index (χ1n) is 4.17. The molecule has 0 aromatic carbocycles. The van der Waals surface area contributed by atoms with E-state index in [1.165, 1.54) is 19.3 Å². The summed E-state index contributed by atoms with van der Waals surface area (Å²) in [6.45, 7) is 3.20. The van der Waals surface area contributed by atoms with Crippen LogP contribution in [0.15, 0.2) is 21.6 Å². The van der Waals surface area contributed by atoms with Crippen LogP contribution in [0.3, 0.4) is 0 Å². The molecule has 0 aromatic rings. The second kappa shape index (κ2) is 5.90. The van der Waals surface area contributed by atoms with E-state index in [0.29, 0.717) is 0 Å². The molecule has 0 atom stereocenters. The van der Waals surface area contributed by atoms with Crippen LogP contribution in [0.1, 0.15) is 26.2 Å². The molecule has 0 fully saturated rings. The van der Waals surface area contributed by atoms with Crippen molar-refractivity contribution in [3.63, 3.8) is 0 Å². The van der Waals surface area contributed by atoms with E-state index in [2.05, 4.69) is 25.2 Å². The second-order valence-electron chi connectivity index (χ2n) is 2.63. The third-order valence-corrected chi connectivity index (χ3v) is 5.10. The number of unbranched alkanes of at least 4 members (excludes halogenated alkanes) is 1. The number of rotatable bonds is 5. The Labute approximate surface area is 80.5 Å². The van der Waals surface area contributed by atoms with Crippen LogP contribution in [-0.4, -0.2) is 6.61 Å². The van der Waals surface area contributed by atoms with Crippen LogP contribution in [0.2, 0.25) is 0 Å². The maximum absolute atomic E-state index is 5.64. The van der Waals surface area contributed by atoms with Gasteiger partial charge in [0, 0.05) is 0 Å². The van der Waals surface area contributed by atoms with Gasteiger partial charge >= 0.3 is 80.5 Å². The Morgan fingerprint density at radius 1 is 1.64 bits per heavy atom. The van der Waals surface area contributed by atoms with Gasteiger partial charge in [-0.05, 0) is 0 Å². The SMILES string of the molecule is CCCC[O][Hf][C]1=CC=CC1. The first kappa shape index (κ1) is 9.40. The van der Waals surface area contributed by atoms with Crippen molar-refractivity contribution in [2.24, 2.45) is 0 Å². The quantitative estimate of drug-likeness (QED) is 0.560. The maximum atomic E-state index is 5.64. The van der Waals surface area contributed by atoms with Crippen LogP contribution >= 0.6 is 0 Å². The molecule has 1 rings (SSSR count). The van der Waals surface area contributed by atoms with E-state index in [1.807, 2.05) is 0 Å². The standard InChI is InChI=1S/C5H5.C4H9O.Hf/c1-2-4-5-3-1;1-2-3-4-5;/h1-3H,4H2;2-4H2,1H3;/q;-1;+1. The summed E-state index contributed by atoms with van der Waals surface area (Å²) in [6, 6.07) is 0. The summed E-state index contributed by atoms with van der Waals surface area (Å²) in [5.74, 6) is 0. The van der Waals surface area contributed by atoms with Crippen molar-refractivity contribution in [2.75, 3.05) is 6.61 Å². The molecule has 1 aliphatic rings. The Morgan fingerprint density at radius 2 is 2.55 bits per heavy atom. The fourth-order valence-corrected chi connectivity index (χ4v) is 3.75. The van der Waals surface area contributed by atoms with Crippen molar-refractivity contribution in [2.45, 2.75) is 26.2 Å². The molecule has 2 heteroatoms. The Morgan fingerprint density at radius 3 is 3.18 bits per heavy atom. The molecule has 0 heterocycles. The molecule has 0 unspecified atom stereocenters. The molecule has 0 aliphatic heterocycles. The van der Waals surface area contributed by atoms with E-state index in [0.717, 1.165) is 6.61 Å². The van der Waals surface area contributed by atoms with Gasteiger partial charge in [-0.1, -0.05) is 0 Å². The van der Waals surface area contributed by atoms with Gasteiger partial charge in [-0.3, -0.25) is 0 Å². The monoisotopic (exact) mass is 318 g/mol. The van der Waals surface area contributed by atoms with E-state index in [1.54, 1.807) is 3.33 Å². The van der Waals surface area contributed by atoms with Crippen molar-refractivity contribution < 1.29 is 26.2 Å². The van der Waals surface area contributed by atoms with Gasteiger partial charge in [0.25, 0.3) is 0 Å². The molecular weight excluding hydrogens is 303 g/mol. The molecule has 1 nitrogen and oxygen atoms in total. The normalized spacial score (nSPS) is 15.2. The first-order chi connectivity index (χ1) is 5.43. The zero-order chi connectivity index (χ0) is 7.94. The number of hydrogen-bond acceptors (Lipinski definition) is 1. The van der Waals surface area contributed by atoms with E-state index in [4.69, 9.17) is 2.85 Å². The Kier molecular flexibility index (Phi) is 5.04. The van der Waals surface area contributed by atoms with Crippen LogP contribution in [0.25, 0.3) is 0 Å². The zero-order valence-corrected chi connectivity index (χ0v) is 10.6. The van der Waals surface area contributed by atoms with Crippen molar-refractivity contribution >= 4 is 0 Å². The summed E-state index contributed by atoms with van der Waals surface area (Å²) < 4.78 is 7.24. The molecule has 0 saturated heterocycles. The molecule has 11 heavy (non-hydrogen) atoms. The van der Waals surface area contributed by atoms with Crippen LogP contribution in [-0.2, 0) is 26.2 Å². The summed E-state index contributed by atoms with van der Waals surface area (Å²) in [5.41, 5.74) is 0. The third kappa shape index (κ3) is 4.02. The van der Waals surface area contributed by atoms with E-state index in [9.17, 15) is 0 Å². The fraction of sp³-hybridized carbons (Fsp3) is 0.556. The van der Waals surface area contributed by atoms with Gasteiger partial charge in [-0.15, -0.1) is 0 Å². The Bertz CT molecular complexity index is 161. The zero-order valence-electron chi connectivity index (χ0n) is 6.97. The molecule has 0 amide bonds. The topological polar surface area (TPSA) is 9.23 Å². The van der Waals surface area contributed by atoms with Gasteiger partial charge in [-0.25, -0.2) is 0 Å². The van der Waals surface area contributed by atoms with Crippen LogP contribution in [0.4, 0.5) is 0 Å². The molecule has 0 bridgehead atoms. The third-order valence-electron chi connectivity index (χ3n) is 1.57. The van der Waals surface area contributed by atoms with Gasteiger partial charge in [0.05, 0.1) is 0 Å². The Balaban J connectivity index is 1.95. The number of allylic oxidation sites excluding steroid dienone is 4. The second-order valence-corrected chi connectivity index (χ2v) is 6.71. The van der Waals surface area contributed by atoms with Crippen molar-refractivity contribution in [1.29, 1.82) is 0 Å². The van der Waals surface area contributed by atoms with Gasteiger partial charge in [0.1, 0.15) is 0 Å². The van der Waals surface area contributed by atoms with Crippen molar-refractivity contribution in [3.8, 4) is 0 Å². The summed E-state index contributed by atoms with van der Waals surface area (Å²) in [5, 5.41) is 0. The van der Waals surface area contributed by atoms with E-state index in [-0.39, 0.29) is 0 Å². The van der Waals surface area contributed by atoms with Crippen LogP contribution in [0, 0.1) is 0 Å². The van der Waals surface area contributed by atoms with Crippen molar-refractivity contribution in [3.05, 3.63) is 21.6 Å². The van der Waals surface area contributed by atoms with Crippen molar-refractivity contribution in [1.82, 2.24) is 0 Å². The summed E-state index contributed by atoms with van der Waals surface area (Å²) in [7, 11) is 0. The van der Waals surface area contributed by atoms with E-state index >= 15 is 0 Å². The average molecular weight is 317 g/mol. The number of hydrogen-bond donors (Lipinski definition) is 0. The molecule has 0 spiro atoms. The van der Waals surface area contributed by atoms with Crippen LogP contribution in [0.5, 0.6) is 0 Å². The van der Waals surface area contributed by atoms with Gasteiger partial charge in [-0.2, -0.15) is 0 Å². The first-order valence-corrected chi connectivity index (χ1v) is 7.43. The molecule has 0 saturated carbocycles. The van der Waals surface area contributed by atoms with Gasteiger partial charge in [0.15, 0.2) is 0 Å². The molecule has 0 radical (unpaired) electrons. The molecule has 1 aliphatic carbocycles. The fourth-order valence-electron chi connectivity index (χ4n) is 0.883. The minimum atomic E-state index is -0.798. The molecule has 0 N–H and O–H groups in total. The minimum absolute atomic E-state index is 0.798. The predicted octanol–water partition coefficient (Wildman–Crippen LogP) is 2.64. The van der Waals surface area contributed by atoms with E-state index < -0.39 is 23.3 Å². The summed E-state index contributed by atoms with van der Waals surface area (Å²) in [6.07, 6.45) is 10.2. The Hall–Kier alpha value is 0.310. The molecule has 60 valence electrons. The summed E-state index contributed by atoms with van der Waals surface area (Å²) in [4.78, 5) is 0. The predicted molar refractivity (Wildman–Crippen MR) is 42.7 cm³/mol.